The number of nitrogens with one attached hydrogen (secondary N) is 1. The summed E-state index contributed by atoms with van der Waals surface area (Å²) in [5.74, 6) is 0.119. The van der Waals surface area contributed by atoms with E-state index in [-0.39, 0.29) is 23.9 Å². The Labute approximate surface area is 112 Å². The molecular weight excluding hydrogens is 240 g/mol. The number of benzene rings is 1. The molecule has 2 atom stereocenters. The van der Waals surface area contributed by atoms with Gasteiger partial charge in [-0.3, -0.25) is 9.59 Å². The summed E-state index contributed by atoms with van der Waals surface area (Å²) in [7, 11) is 0. The molecule has 2 aliphatic heterocycles. The van der Waals surface area contributed by atoms with Crippen LogP contribution in [0.15, 0.2) is 30.3 Å². The number of carbonyl (C=O) groups excluding carboxylic acids is 2. The van der Waals surface area contributed by atoms with Crippen molar-refractivity contribution >= 4 is 11.8 Å². The summed E-state index contributed by atoms with van der Waals surface area (Å²) >= 11 is 0. The Kier molecular flexibility index (Phi) is 3.23. The molecule has 1 N–H and O–H groups in total. The van der Waals surface area contributed by atoms with Gasteiger partial charge in [0.2, 0.25) is 11.8 Å². The molecule has 2 aliphatic rings. The predicted octanol–water partition coefficient (Wildman–Crippen LogP) is 1.11. The van der Waals surface area contributed by atoms with Crippen molar-refractivity contribution in [3.05, 3.63) is 35.9 Å². The van der Waals surface area contributed by atoms with E-state index in [1.54, 1.807) is 4.90 Å². The van der Waals surface area contributed by atoms with Crippen LogP contribution in [0.5, 0.6) is 0 Å². The Morgan fingerprint density at radius 3 is 2.79 bits per heavy atom. The molecule has 0 bridgehead atoms. The number of aryl methyl sites for hydroxylation is 1. The molecule has 0 spiro atoms. The van der Waals surface area contributed by atoms with Crippen molar-refractivity contribution in [1.29, 1.82) is 0 Å². The van der Waals surface area contributed by atoms with E-state index < -0.39 is 0 Å². The topological polar surface area (TPSA) is 49.4 Å². The normalized spacial score (nSPS) is 26.2. The van der Waals surface area contributed by atoms with Crippen LogP contribution in [0.3, 0.4) is 0 Å². The van der Waals surface area contributed by atoms with E-state index in [1.165, 1.54) is 5.56 Å². The second-order valence-corrected chi connectivity index (χ2v) is 5.28. The highest BCUT2D eigenvalue weighted by Gasteiger charge is 2.42. The summed E-state index contributed by atoms with van der Waals surface area (Å²) in [6.45, 7) is 0.735. The Balaban J connectivity index is 1.65. The van der Waals surface area contributed by atoms with E-state index in [9.17, 15) is 9.59 Å². The second-order valence-electron chi connectivity index (χ2n) is 5.28. The third-order valence-corrected chi connectivity index (χ3v) is 4.02. The minimum absolute atomic E-state index is 0.0233. The number of hydrogen-bond acceptors (Lipinski definition) is 2. The van der Waals surface area contributed by atoms with Crippen molar-refractivity contribution in [3.63, 3.8) is 0 Å². The standard InChI is InChI=1S/C15H18N2O2/c18-14-13-7-4-10-17(13)15(19)12(16-14)9-8-11-5-2-1-3-6-11/h1-3,5-6,12-13H,4,7-10H2,(H,16,18)/t12-,13-/m0/s1. The molecule has 0 aromatic heterocycles. The largest absolute Gasteiger partial charge is 0.342 e. The number of piperazine rings is 1. The van der Waals surface area contributed by atoms with Crippen LogP contribution in [-0.4, -0.2) is 35.3 Å². The molecule has 1 aromatic rings. The molecule has 0 unspecified atom stereocenters. The van der Waals surface area contributed by atoms with E-state index in [0.29, 0.717) is 6.42 Å². The lowest BCUT2D eigenvalue weighted by Crippen LogP contribution is -2.61. The molecule has 4 nitrogen and oxygen atoms in total. The van der Waals surface area contributed by atoms with Crippen LogP contribution >= 0.6 is 0 Å². The molecule has 2 saturated heterocycles. The van der Waals surface area contributed by atoms with Crippen molar-refractivity contribution in [3.8, 4) is 0 Å². The fourth-order valence-corrected chi connectivity index (χ4v) is 2.98. The van der Waals surface area contributed by atoms with E-state index in [1.807, 2.05) is 30.3 Å². The fourth-order valence-electron chi connectivity index (χ4n) is 2.98. The molecule has 2 fully saturated rings. The fraction of sp³-hybridized carbons (Fsp3) is 0.467. The maximum absolute atomic E-state index is 12.3. The number of nitrogens with zero attached hydrogens (tertiary/aromatic N) is 1. The van der Waals surface area contributed by atoms with Crippen LogP contribution in [0.4, 0.5) is 0 Å². The molecule has 2 amide bonds. The Morgan fingerprint density at radius 1 is 1.21 bits per heavy atom. The number of carbonyl (C=O) groups is 2. The van der Waals surface area contributed by atoms with Crippen LogP contribution in [0.25, 0.3) is 0 Å². The lowest BCUT2D eigenvalue weighted by Gasteiger charge is -2.34. The van der Waals surface area contributed by atoms with Crippen LogP contribution < -0.4 is 5.32 Å². The van der Waals surface area contributed by atoms with Gasteiger partial charge in [-0.2, -0.15) is 0 Å². The smallest absolute Gasteiger partial charge is 0.245 e. The van der Waals surface area contributed by atoms with Gasteiger partial charge in [0, 0.05) is 6.54 Å². The average molecular weight is 258 g/mol. The van der Waals surface area contributed by atoms with Gasteiger partial charge in [0.15, 0.2) is 0 Å². The van der Waals surface area contributed by atoms with Gasteiger partial charge < -0.3 is 10.2 Å². The molecular formula is C15H18N2O2. The van der Waals surface area contributed by atoms with Crippen LogP contribution in [-0.2, 0) is 16.0 Å². The molecule has 100 valence electrons. The minimum atomic E-state index is -0.345. The highest BCUT2D eigenvalue weighted by Crippen LogP contribution is 2.23. The Hall–Kier alpha value is -1.84. The maximum atomic E-state index is 12.3. The monoisotopic (exact) mass is 258 g/mol. The summed E-state index contributed by atoms with van der Waals surface area (Å²) in [4.78, 5) is 26.0. The Morgan fingerprint density at radius 2 is 2.00 bits per heavy atom. The van der Waals surface area contributed by atoms with Crippen molar-refractivity contribution in [2.45, 2.75) is 37.8 Å². The number of fused-ring (bicyclic) bond motifs is 1. The van der Waals surface area contributed by atoms with Crippen LogP contribution in [0.2, 0.25) is 0 Å². The van der Waals surface area contributed by atoms with Gasteiger partial charge in [-0.1, -0.05) is 30.3 Å². The van der Waals surface area contributed by atoms with Crippen molar-refractivity contribution < 1.29 is 9.59 Å². The second kappa shape index (κ2) is 5.03. The lowest BCUT2D eigenvalue weighted by atomic mass is 10.0. The predicted molar refractivity (Wildman–Crippen MR) is 71.4 cm³/mol. The third-order valence-electron chi connectivity index (χ3n) is 4.02. The lowest BCUT2D eigenvalue weighted by molar-refractivity contribution is -0.147. The van der Waals surface area contributed by atoms with E-state index in [4.69, 9.17) is 0 Å². The zero-order valence-electron chi connectivity index (χ0n) is 10.8. The number of hydrogen-bond donors (Lipinski definition) is 1. The molecule has 19 heavy (non-hydrogen) atoms. The van der Waals surface area contributed by atoms with Crippen LogP contribution in [0.1, 0.15) is 24.8 Å². The van der Waals surface area contributed by atoms with Gasteiger partial charge in [0.25, 0.3) is 0 Å². The molecule has 2 heterocycles. The van der Waals surface area contributed by atoms with Gasteiger partial charge in [0.05, 0.1) is 0 Å². The highest BCUT2D eigenvalue weighted by molar-refractivity contribution is 5.97. The number of amides is 2. The molecule has 1 aromatic carbocycles. The molecule has 0 radical (unpaired) electrons. The van der Waals surface area contributed by atoms with Crippen molar-refractivity contribution in [1.82, 2.24) is 10.2 Å². The van der Waals surface area contributed by atoms with Crippen LogP contribution in [0, 0.1) is 0 Å². The van der Waals surface area contributed by atoms with E-state index >= 15 is 0 Å². The highest BCUT2D eigenvalue weighted by atomic mass is 16.2. The average Bonchev–Trinajstić information content (AvgIpc) is 2.92. The number of rotatable bonds is 3. The molecule has 0 aliphatic carbocycles. The summed E-state index contributed by atoms with van der Waals surface area (Å²) in [6.07, 6.45) is 3.24. The quantitative estimate of drug-likeness (QED) is 0.883. The van der Waals surface area contributed by atoms with Crippen molar-refractivity contribution in [2.75, 3.05) is 6.54 Å². The van der Waals surface area contributed by atoms with E-state index in [2.05, 4.69) is 5.32 Å². The zero-order valence-corrected chi connectivity index (χ0v) is 10.8. The molecule has 0 saturated carbocycles. The van der Waals surface area contributed by atoms with E-state index in [0.717, 1.165) is 25.8 Å². The first-order chi connectivity index (χ1) is 9.25. The van der Waals surface area contributed by atoms with Gasteiger partial charge in [-0.25, -0.2) is 0 Å². The molecule has 4 heteroatoms. The summed E-state index contributed by atoms with van der Waals surface area (Å²) < 4.78 is 0. The Bertz CT molecular complexity index is 486. The summed E-state index contributed by atoms with van der Waals surface area (Å²) in [6, 6.07) is 9.51. The maximum Gasteiger partial charge on any atom is 0.245 e. The summed E-state index contributed by atoms with van der Waals surface area (Å²) in [5, 5.41) is 2.88. The van der Waals surface area contributed by atoms with Gasteiger partial charge in [0.1, 0.15) is 12.1 Å². The summed E-state index contributed by atoms with van der Waals surface area (Å²) in [5.41, 5.74) is 1.20. The minimum Gasteiger partial charge on any atom is -0.342 e. The van der Waals surface area contributed by atoms with Crippen molar-refractivity contribution in [2.24, 2.45) is 0 Å². The third kappa shape index (κ3) is 2.35. The SMILES string of the molecule is O=C1N[C@@H](CCc2ccccc2)C(=O)N2CCC[C@@H]12. The van der Waals surface area contributed by atoms with Gasteiger partial charge >= 0.3 is 0 Å². The van der Waals surface area contributed by atoms with Gasteiger partial charge in [-0.15, -0.1) is 0 Å². The molecule has 3 rings (SSSR count). The first-order valence-electron chi connectivity index (χ1n) is 6.90. The first-order valence-corrected chi connectivity index (χ1v) is 6.90. The van der Waals surface area contributed by atoms with Gasteiger partial charge in [-0.05, 0) is 31.2 Å². The first kappa shape index (κ1) is 12.2. The zero-order chi connectivity index (χ0) is 13.2.